The van der Waals surface area contributed by atoms with Crippen LogP contribution in [0.2, 0.25) is 0 Å². The van der Waals surface area contributed by atoms with Crippen LogP contribution in [0, 0.1) is 20.8 Å². The molecule has 1 atom stereocenters. The van der Waals surface area contributed by atoms with Gasteiger partial charge in [-0.3, -0.25) is 14.5 Å². The van der Waals surface area contributed by atoms with E-state index in [-0.39, 0.29) is 11.3 Å². The summed E-state index contributed by atoms with van der Waals surface area (Å²) in [6, 6.07) is 13.2. The molecule has 1 amide bonds. The summed E-state index contributed by atoms with van der Waals surface area (Å²) in [6.07, 6.45) is 0. The van der Waals surface area contributed by atoms with E-state index >= 15 is 0 Å². The van der Waals surface area contributed by atoms with Gasteiger partial charge in [-0.25, -0.2) is 4.98 Å². The molecule has 7 nitrogen and oxygen atoms in total. The number of aryl methyl sites for hydroxylation is 3. The molecule has 3 heterocycles. The van der Waals surface area contributed by atoms with E-state index in [4.69, 9.17) is 14.1 Å². The number of rotatable bonds is 4. The van der Waals surface area contributed by atoms with E-state index in [1.807, 2.05) is 26.0 Å². The first kappa shape index (κ1) is 21.9. The summed E-state index contributed by atoms with van der Waals surface area (Å²) >= 11 is 1.33. The van der Waals surface area contributed by atoms with Crippen LogP contribution in [0.1, 0.15) is 34.3 Å². The van der Waals surface area contributed by atoms with Crippen molar-refractivity contribution in [3.8, 4) is 5.75 Å². The molecule has 1 unspecified atom stereocenters. The lowest BCUT2D eigenvalue weighted by Crippen LogP contribution is -2.29. The minimum absolute atomic E-state index is 0.0558. The Morgan fingerprint density at radius 3 is 2.62 bits per heavy atom. The second-order valence-electron chi connectivity index (χ2n) is 8.27. The lowest BCUT2D eigenvalue weighted by molar-refractivity contribution is -0.132. The van der Waals surface area contributed by atoms with Crippen LogP contribution in [0.25, 0.3) is 16.0 Å². The van der Waals surface area contributed by atoms with E-state index in [2.05, 4.69) is 0 Å². The number of fused-ring (bicyclic) bond motifs is 1. The van der Waals surface area contributed by atoms with Crippen molar-refractivity contribution in [3.63, 3.8) is 0 Å². The quantitative estimate of drug-likeness (QED) is 0.240. The number of hydrogen-bond acceptors (Lipinski definition) is 7. The van der Waals surface area contributed by atoms with Crippen molar-refractivity contribution >= 4 is 44.1 Å². The number of hydrogen-bond donors (Lipinski definition) is 1. The summed E-state index contributed by atoms with van der Waals surface area (Å²) in [6.45, 7) is 5.74. The zero-order valence-corrected chi connectivity index (χ0v) is 19.9. The summed E-state index contributed by atoms with van der Waals surface area (Å²) in [5, 5.41) is 11.6. The first-order valence-corrected chi connectivity index (χ1v) is 11.5. The Morgan fingerprint density at radius 2 is 1.91 bits per heavy atom. The zero-order valence-electron chi connectivity index (χ0n) is 19.1. The smallest absolute Gasteiger partial charge is 0.302 e. The molecule has 8 heteroatoms. The largest absolute Gasteiger partial charge is 0.507 e. The number of furan rings is 1. The Kier molecular flexibility index (Phi) is 5.25. The Balaban J connectivity index is 1.73. The van der Waals surface area contributed by atoms with Gasteiger partial charge >= 0.3 is 5.91 Å². The average Bonchev–Trinajstić information content (AvgIpc) is 3.50. The third-order valence-electron chi connectivity index (χ3n) is 5.84. The van der Waals surface area contributed by atoms with Gasteiger partial charge in [0, 0.05) is 5.56 Å². The monoisotopic (exact) mass is 474 g/mol. The number of carbonyl (C=O) groups is 2. The SMILES string of the molecule is COc1cccc(/C(O)=C2\C(=O)C(=O)N(c3nc4c(C)cc(C)cc4s3)C2c2ccc(C)o2)c1. The summed E-state index contributed by atoms with van der Waals surface area (Å²) in [4.78, 5) is 32.6. The zero-order chi connectivity index (χ0) is 24.1. The maximum absolute atomic E-state index is 13.3. The highest BCUT2D eigenvalue weighted by atomic mass is 32.1. The molecular formula is C26H22N2O5S. The molecule has 1 aliphatic heterocycles. The molecule has 1 fully saturated rings. The Bertz CT molecular complexity index is 1500. The van der Waals surface area contributed by atoms with Gasteiger partial charge in [0.05, 0.1) is 22.9 Å². The topological polar surface area (TPSA) is 92.9 Å². The van der Waals surface area contributed by atoms with Gasteiger partial charge in [0.25, 0.3) is 5.78 Å². The van der Waals surface area contributed by atoms with E-state index < -0.39 is 17.7 Å². The van der Waals surface area contributed by atoms with Gasteiger partial charge in [-0.2, -0.15) is 0 Å². The number of aromatic nitrogens is 1. The number of nitrogens with zero attached hydrogens (tertiary/aromatic N) is 2. The van der Waals surface area contributed by atoms with Crippen LogP contribution in [0.5, 0.6) is 5.75 Å². The van der Waals surface area contributed by atoms with Crippen LogP contribution in [0.4, 0.5) is 5.13 Å². The first-order valence-electron chi connectivity index (χ1n) is 10.7. The minimum Gasteiger partial charge on any atom is -0.507 e. The predicted octanol–water partition coefficient (Wildman–Crippen LogP) is 5.45. The molecule has 2 aromatic heterocycles. The number of Topliss-reactive ketones (excluding diaryl/α,β-unsaturated/α-hetero) is 1. The second kappa shape index (κ2) is 8.14. The number of thiazole rings is 1. The van der Waals surface area contributed by atoms with Gasteiger partial charge in [-0.1, -0.05) is 29.5 Å². The molecule has 172 valence electrons. The van der Waals surface area contributed by atoms with Gasteiger partial charge in [0.1, 0.15) is 29.1 Å². The van der Waals surface area contributed by atoms with Crippen molar-refractivity contribution in [2.45, 2.75) is 26.8 Å². The van der Waals surface area contributed by atoms with Gasteiger partial charge in [-0.05, 0) is 62.2 Å². The summed E-state index contributed by atoms with van der Waals surface area (Å²) < 4.78 is 12.0. The Morgan fingerprint density at radius 1 is 1.12 bits per heavy atom. The summed E-state index contributed by atoms with van der Waals surface area (Å²) in [7, 11) is 1.51. The lowest BCUT2D eigenvalue weighted by Gasteiger charge is -2.20. The minimum atomic E-state index is -0.957. The molecule has 1 aliphatic rings. The average molecular weight is 475 g/mol. The van der Waals surface area contributed by atoms with Crippen LogP contribution in [-0.2, 0) is 9.59 Å². The number of ketones is 1. The molecular weight excluding hydrogens is 452 g/mol. The maximum atomic E-state index is 13.3. The molecule has 0 bridgehead atoms. The molecule has 0 saturated carbocycles. The number of amides is 1. The summed E-state index contributed by atoms with van der Waals surface area (Å²) in [5.74, 6) is -0.359. The van der Waals surface area contributed by atoms with Crippen molar-refractivity contribution < 1.29 is 23.8 Å². The number of anilines is 1. The number of benzene rings is 2. The molecule has 0 radical (unpaired) electrons. The highest BCUT2D eigenvalue weighted by molar-refractivity contribution is 7.22. The van der Waals surface area contributed by atoms with Gasteiger partial charge in [0.2, 0.25) is 0 Å². The third kappa shape index (κ3) is 3.47. The van der Waals surface area contributed by atoms with Crippen LogP contribution in [0.15, 0.2) is 58.5 Å². The molecule has 1 N–H and O–H groups in total. The number of ether oxygens (including phenoxy) is 1. The molecule has 5 rings (SSSR count). The molecule has 0 spiro atoms. The van der Waals surface area contributed by atoms with Crippen molar-refractivity contribution in [2.75, 3.05) is 12.0 Å². The molecule has 1 saturated heterocycles. The Labute approximate surface area is 199 Å². The van der Waals surface area contributed by atoms with E-state index in [9.17, 15) is 14.7 Å². The molecule has 0 aliphatic carbocycles. The molecule has 2 aromatic carbocycles. The van der Waals surface area contributed by atoms with Crippen LogP contribution >= 0.6 is 11.3 Å². The molecule has 4 aromatic rings. The fourth-order valence-electron chi connectivity index (χ4n) is 4.29. The number of carbonyl (C=O) groups excluding carboxylic acids is 2. The summed E-state index contributed by atoms with van der Waals surface area (Å²) in [5.41, 5.74) is 3.14. The normalized spacial score (nSPS) is 17.6. The van der Waals surface area contributed by atoms with Crippen molar-refractivity contribution in [2.24, 2.45) is 0 Å². The van der Waals surface area contributed by atoms with Crippen LogP contribution in [0.3, 0.4) is 0 Å². The van der Waals surface area contributed by atoms with Crippen LogP contribution < -0.4 is 9.64 Å². The van der Waals surface area contributed by atoms with Crippen molar-refractivity contribution in [3.05, 3.63) is 82.3 Å². The van der Waals surface area contributed by atoms with E-state index in [0.717, 1.165) is 21.3 Å². The first-order chi connectivity index (χ1) is 16.3. The van der Waals surface area contributed by atoms with Crippen LogP contribution in [-0.4, -0.2) is 28.9 Å². The number of aliphatic hydroxyl groups excluding tert-OH is 1. The van der Waals surface area contributed by atoms with Crippen molar-refractivity contribution in [1.29, 1.82) is 0 Å². The number of aliphatic hydroxyl groups is 1. The standard InChI is InChI=1S/C26H22N2O5S/c1-13-10-14(2)21-19(11-13)34-26(27-21)28-22(18-9-8-15(3)33-18)20(24(30)25(28)31)23(29)16-6-5-7-17(12-16)32-4/h5-12,22,29H,1-4H3/b23-20+. The van der Waals surface area contributed by atoms with E-state index in [0.29, 0.717) is 28.0 Å². The van der Waals surface area contributed by atoms with E-state index in [1.165, 1.54) is 23.3 Å². The second-order valence-corrected chi connectivity index (χ2v) is 9.28. The fraction of sp³-hybridized carbons (Fsp3) is 0.192. The lowest BCUT2D eigenvalue weighted by atomic mass is 9.99. The predicted molar refractivity (Wildman–Crippen MR) is 130 cm³/mol. The number of methoxy groups -OCH3 is 1. The molecule has 34 heavy (non-hydrogen) atoms. The van der Waals surface area contributed by atoms with Gasteiger partial charge in [-0.15, -0.1) is 0 Å². The third-order valence-corrected chi connectivity index (χ3v) is 6.84. The Hall–Kier alpha value is -3.91. The fourth-order valence-corrected chi connectivity index (χ4v) is 5.46. The van der Waals surface area contributed by atoms with Crippen molar-refractivity contribution in [1.82, 2.24) is 4.98 Å². The van der Waals surface area contributed by atoms with Gasteiger partial charge in [0.15, 0.2) is 5.13 Å². The maximum Gasteiger partial charge on any atom is 0.302 e. The van der Waals surface area contributed by atoms with E-state index in [1.54, 1.807) is 43.3 Å². The highest BCUT2D eigenvalue weighted by Crippen LogP contribution is 2.45. The van der Waals surface area contributed by atoms with Gasteiger partial charge < -0.3 is 14.3 Å². The highest BCUT2D eigenvalue weighted by Gasteiger charge is 2.49.